The van der Waals surface area contributed by atoms with Crippen molar-refractivity contribution in [1.29, 1.82) is 5.26 Å². The number of amides is 1. The lowest BCUT2D eigenvalue weighted by atomic mass is 10.1. The Labute approximate surface area is 105 Å². The van der Waals surface area contributed by atoms with Gasteiger partial charge in [0.05, 0.1) is 32.3 Å². The predicted octanol–water partition coefficient (Wildman–Crippen LogP) is 0.0807. The molecule has 2 aliphatic rings. The molecule has 0 aromatic carbocycles. The van der Waals surface area contributed by atoms with E-state index in [1.165, 1.54) is 7.11 Å². The molecule has 1 unspecified atom stereocenters. The lowest BCUT2D eigenvalue weighted by Gasteiger charge is -2.33. The molecular weight excluding hydrogens is 236 g/mol. The van der Waals surface area contributed by atoms with Crippen LogP contribution in [0.3, 0.4) is 0 Å². The van der Waals surface area contributed by atoms with Gasteiger partial charge in [0.2, 0.25) is 5.91 Å². The van der Waals surface area contributed by atoms with Crippen LogP contribution in [0.4, 0.5) is 0 Å². The highest BCUT2D eigenvalue weighted by molar-refractivity contribution is 5.88. The highest BCUT2D eigenvalue weighted by Gasteiger charge is 2.53. The monoisotopic (exact) mass is 252 g/mol. The van der Waals surface area contributed by atoms with Crippen LogP contribution in [0, 0.1) is 16.7 Å². The van der Waals surface area contributed by atoms with Crippen LogP contribution in [0.5, 0.6) is 0 Å². The fourth-order valence-electron chi connectivity index (χ4n) is 2.10. The molecule has 2 rings (SSSR count). The van der Waals surface area contributed by atoms with E-state index in [1.54, 1.807) is 4.90 Å². The number of methoxy groups -OCH3 is 1. The van der Waals surface area contributed by atoms with Crippen LogP contribution < -0.4 is 0 Å². The molecule has 18 heavy (non-hydrogen) atoms. The average molecular weight is 252 g/mol. The van der Waals surface area contributed by atoms with Crippen molar-refractivity contribution >= 4 is 11.9 Å². The molecule has 2 fully saturated rings. The van der Waals surface area contributed by atoms with E-state index in [0.29, 0.717) is 32.5 Å². The van der Waals surface area contributed by atoms with Crippen LogP contribution in [0.15, 0.2) is 0 Å². The molecule has 1 saturated carbocycles. The molecular formula is C12H16N2O4. The molecule has 0 bridgehead atoms. The largest absolute Gasteiger partial charge is 0.469 e. The minimum absolute atomic E-state index is 0.122. The molecule has 6 heteroatoms. The summed E-state index contributed by atoms with van der Waals surface area (Å²) in [6.45, 7) is 1.24. The van der Waals surface area contributed by atoms with Gasteiger partial charge >= 0.3 is 5.97 Å². The lowest BCUT2D eigenvalue weighted by Crippen LogP contribution is -2.48. The van der Waals surface area contributed by atoms with Gasteiger partial charge < -0.3 is 14.4 Å². The summed E-state index contributed by atoms with van der Waals surface area (Å²) in [5.74, 6) is -0.473. The summed E-state index contributed by atoms with van der Waals surface area (Å²) in [6.07, 6.45) is 1.09. The van der Waals surface area contributed by atoms with Gasteiger partial charge in [0, 0.05) is 13.1 Å². The maximum Gasteiger partial charge on any atom is 0.308 e. The summed E-state index contributed by atoms with van der Waals surface area (Å²) in [5, 5.41) is 9.00. The first-order chi connectivity index (χ1) is 8.61. The molecule has 1 aliphatic carbocycles. The highest BCUT2D eigenvalue weighted by Crippen LogP contribution is 2.46. The molecule has 0 N–H and O–H groups in total. The van der Waals surface area contributed by atoms with Gasteiger partial charge in [-0.15, -0.1) is 0 Å². The van der Waals surface area contributed by atoms with E-state index in [9.17, 15) is 9.59 Å². The molecule has 1 amide bonds. The molecule has 1 aliphatic heterocycles. The minimum Gasteiger partial charge on any atom is -0.469 e. The Morgan fingerprint density at radius 2 is 2.28 bits per heavy atom. The lowest BCUT2D eigenvalue weighted by molar-refractivity contribution is -0.151. The first kappa shape index (κ1) is 12.8. The topological polar surface area (TPSA) is 79.6 Å². The molecule has 0 aromatic heterocycles. The summed E-state index contributed by atoms with van der Waals surface area (Å²) in [5.41, 5.74) is -0.798. The molecule has 0 radical (unpaired) electrons. The number of carbonyl (C=O) groups excluding carboxylic acids is 2. The number of ether oxygens (including phenoxy) is 2. The number of morpholine rings is 1. The zero-order valence-corrected chi connectivity index (χ0v) is 10.3. The Hall–Kier alpha value is -1.61. The van der Waals surface area contributed by atoms with Gasteiger partial charge in [-0.3, -0.25) is 9.59 Å². The van der Waals surface area contributed by atoms with Gasteiger partial charge in [-0.25, -0.2) is 0 Å². The van der Waals surface area contributed by atoms with Crippen molar-refractivity contribution in [2.45, 2.75) is 25.4 Å². The van der Waals surface area contributed by atoms with E-state index in [0.717, 1.165) is 0 Å². The number of hydrogen-bond donors (Lipinski definition) is 0. The minimum atomic E-state index is -0.798. The second kappa shape index (κ2) is 4.94. The van der Waals surface area contributed by atoms with Crippen LogP contribution in [0.2, 0.25) is 0 Å². The molecule has 1 saturated heterocycles. The third-order valence-corrected chi connectivity index (χ3v) is 3.42. The van der Waals surface area contributed by atoms with E-state index < -0.39 is 5.41 Å². The molecule has 1 heterocycles. The average Bonchev–Trinajstić information content (AvgIpc) is 3.19. The number of hydrogen-bond acceptors (Lipinski definition) is 5. The van der Waals surface area contributed by atoms with Crippen molar-refractivity contribution in [3.8, 4) is 6.07 Å². The second-order valence-corrected chi connectivity index (χ2v) is 4.72. The summed E-state index contributed by atoms with van der Waals surface area (Å²) < 4.78 is 9.99. The fourth-order valence-corrected chi connectivity index (χ4v) is 2.10. The third-order valence-electron chi connectivity index (χ3n) is 3.42. The van der Waals surface area contributed by atoms with Gasteiger partial charge in [-0.1, -0.05) is 0 Å². The first-order valence-corrected chi connectivity index (χ1v) is 6.00. The van der Waals surface area contributed by atoms with E-state index in [1.807, 2.05) is 0 Å². The standard InChI is InChI=1S/C12H16N2O4/c1-17-10(15)6-9-7-14(4-5-18-9)11(16)12(8-13)2-3-12/h9H,2-7H2,1H3. The number of nitriles is 1. The quantitative estimate of drug-likeness (QED) is 0.665. The van der Waals surface area contributed by atoms with Gasteiger partial charge in [0.1, 0.15) is 5.41 Å². The van der Waals surface area contributed by atoms with Crippen molar-refractivity contribution in [3.05, 3.63) is 0 Å². The third kappa shape index (κ3) is 2.46. The van der Waals surface area contributed by atoms with Crippen molar-refractivity contribution in [2.75, 3.05) is 26.8 Å². The highest BCUT2D eigenvalue weighted by atomic mass is 16.5. The Balaban J connectivity index is 1.93. The van der Waals surface area contributed by atoms with Crippen LogP contribution >= 0.6 is 0 Å². The normalized spacial score (nSPS) is 25.1. The van der Waals surface area contributed by atoms with Crippen LogP contribution in [0.1, 0.15) is 19.3 Å². The zero-order chi connectivity index (χ0) is 13.2. The SMILES string of the molecule is COC(=O)CC1CN(C(=O)C2(C#N)CC2)CCO1. The van der Waals surface area contributed by atoms with Gasteiger partial charge in [0.15, 0.2) is 0 Å². The summed E-state index contributed by atoms with van der Waals surface area (Å²) in [6, 6.07) is 2.09. The van der Waals surface area contributed by atoms with Crippen molar-refractivity contribution in [2.24, 2.45) is 5.41 Å². The molecule has 98 valence electrons. The zero-order valence-electron chi connectivity index (χ0n) is 10.3. The van der Waals surface area contributed by atoms with Gasteiger partial charge in [-0.2, -0.15) is 5.26 Å². The number of rotatable bonds is 3. The van der Waals surface area contributed by atoms with E-state index >= 15 is 0 Å². The summed E-state index contributed by atoms with van der Waals surface area (Å²) in [4.78, 5) is 24.9. The van der Waals surface area contributed by atoms with Crippen LogP contribution in [-0.4, -0.2) is 49.7 Å². The number of carbonyl (C=O) groups is 2. The van der Waals surface area contributed by atoms with Gasteiger partial charge in [-0.05, 0) is 12.8 Å². The molecule has 0 aromatic rings. The first-order valence-electron chi connectivity index (χ1n) is 6.00. The predicted molar refractivity (Wildman–Crippen MR) is 60.2 cm³/mol. The Morgan fingerprint density at radius 3 is 2.83 bits per heavy atom. The molecule has 6 nitrogen and oxygen atoms in total. The van der Waals surface area contributed by atoms with Crippen molar-refractivity contribution in [1.82, 2.24) is 4.90 Å². The van der Waals surface area contributed by atoms with E-state index in [2.05, 4.69) is 10.8 Å². The van der Waals surface area contributed by atoms with Crippen LogP contribution in [0.25, 0.3) is 0 Å². The second-order valence-electron chi connectivity index (χ2n) is 4.72. The maximum atomic E-state index is 12.1. The van der Waals surface area contributed by atoms with E-state index in [-0.39, 0.29) is 24.4 Å². The Morgan fingerprint density at radius 1 is 1.56 bits per heavy atom. The summed E-state index contributed by atoms with van der Waals surface area (Å²) in [7, 11) is 1.32. The Kier molecular flexibility index (Phi) is 3.53. The van der Waals surface area contributed by atoms with Gasteiger partial charge in [0.25, 0.3) is 0 Å². The number of esters is 1. The smallest absolute Gasteiger partial charge is 0.308 e. The molecule has 1 atom stereocenters. The Bertz CT molecular complexity index is 397. The maximum absolute atomic E-state index is 12.1. The van der Waals surface area contributed by atoms with Crippen molar-refractivity contribution in [3.63, 3.8) is 0 Å². The van der Waals surface area contributed by atoms with Crippen molar-refractivity contribution < 1.29 is 19.1 Å². The number of nitrogens with zero attached hydrogens (tertiary/aromatic N) is 2. The molecule has 0 spiro atoms. The van der Waals surface area contributed by atoms with E-state index in [4.69, 9.17) is 10.00 Å². The fraction of sp³-hybridized carbons (Fsp3) is 0.750. The van der Waals surface area contributed by atoms with Crippen LogP contribution in [-0.2, 0) is 19.1 Å². The summed E-state index contributed by atoms with van der Waals surface area (Å²) >= 11 is 0.